The Hall–Kier alpha value is -3.32. The van der Waals surface area contributed by atoms with Gasteiger partial charge in [-0.2, -0.15) is 0 Å². The van der Waals surface area contributed by atoms with E-state index in [1.807, 2.05) is 18.2 Å². The molecule has 1 heterocycles. The van der Waals surface area contributed by atoms with Gasteiger partial charge in [-0.25, -0.2) is 0 Å². The highest BCUT2D eigenvalue weighted by Gasteiger charge is 2.08. The molecule has 0 spiro atoms. The van der Waals surface area contributed by atoms with Gasteiger partial charge in [0.15, 0.2) is 0 Å². The van der Waals surface area contributed by atoms with Crippen molar-refractivity contribution >= 4 is 28.3 Å². The highest BCUT2D eigenvalue weighted by Crippen LogP contribution is 2.13. The lowest BCUT2D eigenvalue weighted by molar-refractivity contribution is 0.0950. The van der Waals surface area contributed by atoms with Crippen LogP contribution in [0.4, 0.5) is 5.69 Å². The maximum Gasteiger partial charge on any atom is 0.255 e. The van der Waals surface area contributed by atoms with Crippen LogP contribution in [0, 0.1) is 0 Å². The zero-order chi connectivity index (χ0) is 19.9. The first-order chi connectivity index (χ1) is 13.5. The van der Waals surface area contributed by atoms with E-state index in [1.54, 1.807) is 61.1 Å². The Morgan fingerprint density at radius 3 is 2.29 bits per heavy atom. The number of amides is 2. The summed E-state index contributed by atoms with van der Waals surface area (Å²) in [7, 11) is -1.08. The van der Waals surface area contributed by atoms with Crippen LogP contribution < -0.4 is 10.6 Å². The fourth-order valence-electron chi connectivity index (χ4n) is 2.55. The molecule has 0 aliphatic carbocycles. The fraction of sp³-hybridized carbons (Fsp3) is 0.0952. The number of aromatic nitrogens is 1. The Morgan fingerprint density at radius 2 is 1.61 bits per heavy atom. The van der Waals surface area contributed by atoms with Gasteiger partial charge in [-0.15, -0.1) is 0 Å². The molecule has 0 fully saturated rings. The fourth-order valence-corrected chi connectivity index (χ4v) is 3.07. The summed E-state index contributed by atoms with van der Waals surface area (Å²) in [5, 5.41) is 5.67. The van der Waals surface area contributed by atoms with Gasteiger partial charge >= 0.3 is 0 Å². The number of carbonyl (C=O) groups excluding carboxylic acids is 2. The SMILES string of the molecule is CS(=O)c1ccc(C(=O)NCc2cccc(NC(=O)c3ccncc3)c2)cc1. The third-order valence-electron chi connectivity index (χ3n) is 4.03. The molecule has 1 atom stereocenters. The molecule has 1 aromatic heterocycles. The minimum atomic E-state index is -1.08. The molecular weight excluding hydrogens is 374 g/mol. The van der Waals surface area contributed by atoms with E-state index >= 15 is 0 Å². The molecule has 0 radical (unpaired) electrons. The van der Waals surface area contributed by atoms with Crippen LogP contribution >= 0.6 is 0 Å². The largest absolute Gasteiger partial charge is 0.348 e. The van der Waals surface area contributed by atoms with Crippen LogP contribution in [-0.2, 0) is 17.3 Å². The molecular formula is C21H19N3O3S. The number of rotatable bonds is 6. The lowest BCUT2D eigenvalue weighted by Crippen LogP contribution is -2.22. The van der Waals surface area contributed by atoms with E-state index in [0.29, 0.717) is 28.3 Å². The zero-order valence-electron chi connectivity index (χ0n) is 15.2. The number of hydrogen-bond acceptors (Lipinski definition) is 4. The maximum atomic E-state index is 12.3. The van der Waals surface area contributed by atoms with Gasteiger partial charge in [0.25, 0.3) is 11.8 Å². The van der Waals surface area contributed by atoms with Gasteiger partial charge in [-0.3, -0.25) is 18.8 Å². The van der Waals surface area contributed by atoms with E-state index in [-0.39, 0.29) is 11.8 Å². The Morgan fingerprint density at radius 1 is 0.929 bits per heavy atom. The number of hydrogen-bond donors (Lipinski definition) is 2. The number of pyridine rings is 1. The van der Waals surface area contributed by atoms with Crippen LogP contribution in [0.1, 0.15) is 26.3 Å². The molecule has 2 aromatic carbocycles. The van der Waals surface area contributed by atoms with Gasteiger partial charge in [0.05, 0.1) is 0 Å². The number of benzene rings is 2. The third kappa shape index (κ3) is 5.11. The van der Waals surface area contributed by atoms with Gasteiger partial charge in [-0.1, -0.05) is 12.1 Å². The van der Waals surface area contributed by atoms with Crippen molar-refractivity contribution < 1.29 is 13.8 Å². The van der Waals surface area contributed by atoms with E-state index in [2.05, 4.69) is 15.6 Å². The molecule has 142 valence electrons. The van der Waals surface area contributed by atoms with Crippen molar-refractivity contribution in [3.8, 4) is 0 Å². The second-order valence-electron chi connectivity index (χ2n) is 6.05. The second kappa shape index (κ2) is 9.05. The summed E-state index contributed by atoms with van der Waals surface area (Å²) in [4.78, 5) is 29.1. The first-order valence-electron chi connectivity index (χ1n) is 8.55. The highest BCUT2D eigenvalue weighted by molar-refractivity contribution is 7.84. The molecule has 0 bridgehead atoms. The van der Waals surface area contributed by atoms with Crippen molar-refractivity contribution in [1.29, 1.82) is 0 Å². The average Bonchev–Trinajstić information content (AvgIpc) is 2.73. The zero-order valence-corrected chi connectivity index (χ0v) is 16.0. The molecule has 0 saturated heterocycles. The van der Waals surface area contributed by atoms with Gasteiger partial charge in [0.1, 0.15) is 0 Å². The minimum Gasteiger partial charge on any atom is -0.348 e. The first kappa shape index (κ1) is 19.4. The molecule has 3 rings (SSSR count). The number of carbonyl (C=O) groups is 2. The Kier molecular flexibility index (Phi) is 6.29. The molecule has 0 aliphatic heterocycles. The van der Waals surface area contributed by atoms with Crippen molar-refractivity contribution in [3.05, 3.63) is 89.7 Å². The highest BCUT2D eigenvalue weighted by atomic mass is 32.2. The van der Waals surface area contributed by atoms with Crippen LogP contribution in [0.15, 0.2) is 78.0 Å². The monoisotopic (exact) mass is 393 g/mol. The van der Waals surface area contributed by atoms with Crippen LogP contribution in [0.25, 0.3) is 0 Å². The summed E-state index contributed by atoms with van der Waals surface area (Å²) in [5.41, 5.74) is 2.51. The number of anilines is 1. The first-order valence-corrected chi connectivity index (χ1v) is 10.1. The van der Waals surface area contributed by atoms with Gasteiger partial charge < -0.3 is 10.6 Å². The van der Waals surface area contributed by atoms with Crippen molar-refractivity contribution in [1.82, 2.24) is 10.3 Å². The van der Waals surface area contributed by atoms with E-state index < -0.39 is 10.8 Å². The Balaban J connectivity index is 1.60. The van der Waals surface area contributed by atoms with Crippen molar-refractivity contribution in [2.75, 3.05) is 11.6 Å². The van der Waals surface area contributed by atoms with E-state index in [4.69, 9.17) is 0 Å². The second-order valence-corrected chi connectivity index (χ2v) is 7.43. The lowest BCUT2D eigenvalue weighted by atomic mass is 10.1. The summed E-state index contributed by atoms with van der Waals surface area (Å²) >= 11 is 0. The summed E-state index contributed by atoms with van der Waals surface area (Å²) in [6.07, 6.45) is 4.71. The Bertz CT molecular complexity index is 1000. The molecule has 2 amide bonds. The molecule has 28 heavy (non-hydrogen) atoms. The summed E-state index contributed by atoms with van der Waals surface area (Å²) in [6, 6.07) is 17.2. The molecule has 0 aliphatic rings. The lowest BCUT2D eigenvalue weighted by Gasteiger charge is -2.09. The smallest absolute Gasteiger partial charge is 0.255 e. The Labute approximate surface area is 165 Å². The van der Waals surface area contributed by atoms with Crippen LogP contribution in [0.3, 0.4) is 0 Å². The van der Waals surface area contributed by atoms with Crippen LogP contribution in [0.5, 0.6) is 0 Å². The summed E-state index contributed by atoms with van der Waals surface area (Å²) in [6.45, 7) is 0.319. The van der Waals surface area contributed by atoms with Gasteiger partial charge in [0.2, 0.25) is 0 Å². The molecule has 7 heteroatoms. The third-order valence-corrected chi connectivity index (χ3v) is 4.96. The van der Waals surface area contributed by atoms with Crippen molar-refractivity contribution in [3.63, 3.8) is 0 Å². The molecule has 3 aromatic rings. The number of nitrogens with one attached hydrogen (secondary N) is 2. The standard InChI is InChI=1S/C21H19N3O3S/c1-28(27)19-7-5-16(6-8-19)20(25)23-14-15-3-2-4-18(13-15)24-21(26)17-9-11-22-12-10-17/h2-13H,14H2,1H3,(H,23,25)(H,24,26). The van der Waals surface area contributed by atoms with Gasteiger partial charge in [-0.05, 0) is 54.1 Å². The van der Waals surface area contributed by atoms with Crippen molar-refractivity contribution in [2.45, 2.75) is 11.4 Å². The normalized spacial score (nSPS) is 11.5. The minimum absolute atomic E-state index is 0.223. The molecule has 1 unspecified atom stereocenters. The van der Waals surface area contributed by atoms with Crippen LogP contribution in [0.2, 0.25) is 0 Å². The van der Waals surface area contributed by atoms with E-state index in [9.17, 15) is 13.8 Å². The summed E-state index contributed by atoms with van der Waals surface area (Å²) < 4.78 is 11.4. The summed E-state index contributed by atoms with van der Waals surface area (Å²) in [5.74, 6) is -0.448. The van der Waals surface area contributed by atoms with Crippen LogP contribution in [-0.4, -0.2) is 27.3 Å². The topological polar surface area (TPSA) is 88.2 Å². The van der Waals surface area contributed by atoms with E-state index in [1.165, 1.54) is 0 Å². The quantitative estimate of drug-likeness (QED) is 0.674. The predicted octanol–water partition coefficient (Wildman–Crippen LogP) is 3.00. The maximum absolute atomic E-state index is 12.3. The number of nitrogens with zero attached hydrogens (tertiary/aromatic N) is 1. The predicted molar refractivity (Wildman–Crippen MR) is 109 cm³/mol. The molecule has 6 nitrogen and oxygen atoms in total. The van der Waals surface area contributed by atoms with E-state index in [0.717, 1.165) is 5.56 Å². The molecule has 2 N–H and O–H groups in total. The van der Waals surface area contributed by atoms with Crippen molar-refractivity contribution in [2.24, 2.45) is 0 Å². The average molecular weight is 393 g/mol. The van der Waals surface area contributed by atoms with Gasteiger partial charge in [0, 0.05) is 57.7 Å². The molecule has 0 saturated carbocycles.